The topological polar surface area (TPSA) is 84.7 Å². The van der Waals surface area contributed by atoms with Crippen molar-refractivity contribution in [2.24, 2.45) is 0 Å². The molecule has 1 saturated heterocycles. The summed E-state index contributed by atoms with van der Waals surface area (Å²) in [7, 11) is 0. The van der Waals surface area contributed by atoms with E-state index in [1.54, 1.807) is 12.1 Å². The summed E-state index contributed by atoms with van der Waals surface area (Å²) in [6.45, 7) is 3.05. The van der Waals surface area contributed by atoms with Crippen molar-refractivity contribution < 1.29 is 14.5 Å². The Morgan fingerprint density at radius 3 is 2.59 bits per heavy atom. The van der Waals surface area contributed by atoms with Crippen LogP contribution in [0.4, 0.5) is 5.69 Å². The van der Waals surface area contributed by atoms with Crippen molar-refractivity contribution in [3.63, 3.8) is 0 Å². The number of carbonyl (C=O) groups excluding carboxylic acids is 1. The van der Waals surface area contributed by atoms with E-state index in [9.17, 15) is 14.9 Å². The molecule has 1 amide bonds. The maximum absolute atomic E-state index is 12.8. The summed E-state index contributed by atoms with van der Waals surface area (Å²) in [6, 6.07) is 12.0. The van der Waals surface area contributed by atoms with Gasteiger partial charge in [0, 0.05) is 35.6 Å². The van der Waals surface area contributed by atoms with Gasteiger partial charge < -0.3 is 10.1 Å². The summed E-state index contributed by atoms with van der Waals surface area (Å²) < 4.78 is 5.44. The van der Waals surface area contributed by atoms with Crippen molar-refractivity contribution in [3.05, 3.63) is 68.7 Å². The lowest BCUT2D eigenvalue weighted by Crippen LogP contribution is -2.43. The smallest absolute Gasteiger partial charge is 0.282 e. The SMILES string of the molecule is CSc1ccc([N+](=O)[O-])c(C(=O)NCC(c2ccc(Cl)cc2)N2CCOCC2)c1. The zero-order valence-electron chi connectivity index (χ0n) is 16.0. The van der Waals surface area contributed by atoms with Crippen LogP contribution in [-0.2, 0) is 4.74 Å². The average Bonchev–Trinajstić information content (AvgIpc) is 2.75. The molecule has 1 N–H and O–H groups in total. The molecule has 1 aliphatic heterocycles. The Balaban J connectivity index is 1.81. The van der Waals surface area contributed by atoms with Gasteiger partial charge >= 0.3 is 0 Å². The van der Waals surface area contributed by atoms with Crippen LogP contribution >= 0.6 is 23.4 Å². The Morgan fingerprint density at radius 2 is 1.97 bits per heavy atom. The zero-order chi connectivity index (χ0) is 20.8. The first-order chi connectivity index (χ1) is 14.0. The molecule has 2 aromatic carbocycles. The second-order valence-corrected chi connectivity index (χ2v) is 7.88. The van der Waals surface area contributed by atoms with Gasteiger partial charge in [0.25, 0.3) is 11.6 Å². The van der Waals surface area contributed by atoms with E-state index in [0.29, 0.717) is 24.8 Å². The molecule has 0 radical (unpaired) electrons. The molecule has 2 aromatic rings. The fraction of sp³-hybridized carbons (Fsp3) is 0.350. The van der Waals surface area contributed by atoms with Crippen molar-refractivity contribution in [3.8, 4) is 0 Å². The van der Waals surface area contributed by atoms with Crippen LogP contribution in [0.25, 0.3) is 0 Å². The standard InChI is InChI=1S/C20H22ClN3O4S/c1-29-16-6-7-18(24(26)27)17(12-16)20(25)22-13-19(23-8-10-28-11-9-23)14-2-4-15(21)5-3-14/h2-7,12,19H,8-11,13H2,1H3,(H,22,25). The Kier molecular flexibility index (Phi) is 7.49. The molecule has 0 spiro atoms. The molecule has 1 unspecified atom stereocenters. The first-order valence-electron chi connectivity index (χ1n) is 9.17. The quantitative estimate of drug-likeness (QED) is 0.405. The third-order valence-corrected chi connectivity index (χ3v) is 5.82. The number of morpholine rings is 1. The molecule has 3 rings (SSSR count). The number of nitrogens with zero attached hydrogens (tertiary/aromatic N) is 2. The molecule has 0 aromatic heterocycles. The van der Waals surface area contributed by atoms with E-state index in [4.69, 9.17) is 16.3 Å². The first kappa shape index (κ1) is 21.6. The summed E-state index contributed by atoms with van der Waals surface area (Å²) >= 11 is 7.45. The second kappa shape index (κ2) is 10.1. The zero-order valence-corrected chi connectivity index (χ0v) is 17.5. The molecule has 9 heteroatoms. The molecule has 1 atom stereocenters. The molecular formula is C20H22ClN3O4S. The average molecular weight is 436 g/mol. The van der Waals surface area contributed by atoms with Gasteiger partial charge in [-0.3, -0.25) is 19.8 Å². The summed E-state index contributed by atoms with van der Waals surface area (Å²) in [5.41, 5.74) is 0.886. The summed E-state index contributed by atoms with van der Waals surface area (Å²) in [4.78, 5) is 26.7. The normalized spacial score (nSPS) is 15.7. The first-order valence-corrected chi connectivity index (χ1v) is 10.8. The van der Waals surface area contributed by atoms with Crippen LogP contribution in [-0.4, -0.2) is 54.8 Å². The molecule has 154 valence electrons. The van der Waals surface area contributed by atoms with Gasteiger partial charge in [-0.15, -0.1) is 11.8 Å². The largest absolute Gasteiger partial charge is 0.379 e. The number of rotatable bonds is 7. The number of carbonyl (C=O) groups is 1. The number of nitro groups is 1. The van der Waals surface area contributed by atoms with E-state index < -0.39 is 10.8 Å². The van der Waals surface area contributed by atoms with Crippen molar-refractivity contribution in [1.82, 2.24) is 10.2 Å². The van der Waals surface area contributed by atoms with Crippen molar-refractivity contribution >= 4 is 35.0 Å². The van der Waals surface area contributed by atoms with Gasteiger partial charge in [0.1, 0.15) is 5.56 Å². The molecule has 1 aliphatic rings. The van der Waals surface area contributed by atoms with Crippen molar-refractivity contribution in [2.75, 3.05) is 39.1 Å². The molecule has 0 aliphatic carbocycles. The highest BCUT2D eigenvalue weighted by atomic mass is 35.5. The Morgan fingerprint density at radius 1 is 1.28 bits per heavy atom. The highest BCUT2D eigenvalue weighted by molar-refractivity contribution is 7.98. The molecular weight excluding hydrogens is 414 g/mol. The lowest BCUT2D eigenvalue weighted by molar-refractivity contribution is -0.385. The van der Waals surface area contributed by atoms with Gasteiger partial charge in [0.2, 0.25) is 0 Å². The van der Waals surface area contributed by atoms with E-state index >= 15 is 0 Å². The molecule has 7 nitrogen and oxygen atoms in total. The Bertz CT molecular complexity index is 873. The van der Waals surface area contributed by atoms with Crippen molar-refractivity contribution in [2.45, 2.75) is 10.9 Å². The van der Waals surface area contributed by atoms with E-state index in [1.807, 2.05) is 30.5 Å². The van der Waals surface area contributed by atoms with Crippen LogP contribution in [0.15, 0.2) is 47.4 Å². The minimum absolute atomic E-state index is 0.0682. The number of benzene rings is 2. The van der Waals surface area contributed by atoms with Gasteiger partial charge in [-0.2, -0.15) is 0 Å². The molecule has 1 fully saturated rings. The van der Waals surface area contributed by atoms with Crippen molar-refractivity contribution in [1.29, 1.82) is 0 Å². The van der Waals surface area contributed by atoms with E-state index in [2.05, 4.69) is 10.2 Å². The molecule has 0 saturated carbocycles. The number of ether oxygens (including phenoxy) is 1. The van der Waals surface area contributed by atoms with E-state index in [1.165, 1.54) is 17.8 Å². The third-order valence-electron chi connectivity index (χ3n) is 4.84. The van der Waals surface area contributed by atoms with Gasteiger partial charge in [-0.25, -0.2) is 0 Å². The second-order valence-electron chi connectivity index (χ2n) is 6.57. The maximum atomic E-state index is 12.8. The predicted octanol–water partition coefficient (Wildman–Crippen LogP) is 3.77. The molecule has 29 heavy (non-hydrogen) atoms. The van der Waals surface area contributed by atoms with Gasteiger partial charge in [-0.05, 0) is 36.1 Å². The monoisotopic (exact) mass is 435 g/mol. The minimum atomic E-state index is -0.530. The Labute approximate surface area is 178 Å². The fourth-order valence-electron chi connectivity index (χ4n) is 3.30. The molecule has 1 heterocycles. The third kappa shape index (κ3) is 5.48. The minimum Gasteiger partial charge on any atom is -0.379 e. The number of thioether (sulfide) groups is 1. The highest BCUT2D eigenvalue weighted by Crippen LogP contribution is 2.26. The number of amides is 1. The lowest BCUT2D eigenvalue weighted by atomic mass is 10.0. The molecule has 0 bridgehead atoms. The van der Waals surface area contributed by atoms with Gasteiger partial charge in [0.05, 0.1) is 24.2 Å². The van der Waals surface area contributed by atoms with Crippen LogP contribution in [0.5, 0.6) is 0 Å². The van der Waals surface area contributed by atoms with Crippen LogP contribution in [0.3, 0.4) is 0 Å². The number of hydrogen-bond acceptors (Lipinski definition) is 6. The number of nitrogens with one attached hydrogen (secondary N) is 1. The van der Waals surface area contributed by atoms with Crippen LogP contribution in [0.2, 0.25) is 5.02 Å². The highest BCUT2D eigenvalue weighted by Gasteiger charge is 2.25. The van der Waals surface area contributed by atoms with E-state index in [-0.39, 0.29) is 17.3 Å². The lowest BCUT2D eigenvalue weighted by Gasteiger charge is -2.35. The Hall–Kier alpha value is -2.13. The summed E-state index contributed by atoms with van der Waals surface area (Å²) in [6.07, 6.45) is 1.86. The summed E-state index contributed by atoms with van der Waals surface area (Å²) in [5.74, 6) is -0.458. The fourth-order valence-corrected chi connectivity index (χ4v) is 3.87. The van der Waals surface area contributed by atoms with Gasteiger partial charge in [0.15, 0.2) is 0 Å². The van der Waals surface area contributed by atoms with Gasteiger partial charge in [-0.1, -0.05) is 23.7 Å². The van der Waals surface area contributed by atoms with Crippen LogP contribution < -0.4 is 5.32 Å². The number of hydrogen-bond donors (Lipinski definition) is 1. The van der Waals surface area contributed by atoms with E-state index in [0.717, 1.165) is 23.5 Å². The van der Waals surface area contributed by atoms with Crippen LogP contribution in [0.1, 0.15) is 22.0 Å². The summed E-state index contributed by atoms with van der Waals surface area (Å²) in [5, 5.41) is 14.9. The number of halogens is 1. The maximum Gasteiger partial charge on any atom is 0.282 e. The van der Waals surface area contributed by atoms with Crippen LogP contribution in [0, 0.1) is 10.1 Å². The predicted molar refractivity (Wildman–Crippen MR) is 114 cm³/mol. The number of nitro benzene ring substituents is 1.